The maximum Gasteiger partial charge on any atom is 0.249 e. The Balaban J connectivity index is 1.93. The number of rotatable bonds is 3. The van der Waals surface area contributed by atoms with Gasteiger partial charge < -0.3 is 10.2 Å². The van der Waals surface area contributed by atoms with Gasteiger partial charge in [0, 0.05) is 5.02 Å². The first-order valence-corrected chi connectivity index (χ1v) is 7.00. The van der Waals surface area contributed by atoms with Gasteiger partial charge in [-0.15, -0.1) is 10.2 Å². The molecule has 0 bridgehead atoms. The highest BCUT2D eigenvalue weighted by atomic mass is 35.5. The Bertz CT molecular complexity index is 759. The van der Waals surface area contributed by atoms with Crippen molar-refractivity contribution in [3.05, 3.63) is 70.0 Å². The van der Waals surface area contributed by atoms with Gasteiger partial charge in [-0.25, -0.2) is 0 Å². The molecule has 1 atom stereocenters. The molecular weight excluding hydrogens is 309 g/mol. The van der Waals surface area contributed by atoms with Crippen LogP contribution in [0.25, 0.3) is 11.5 Å². The molecule has 106 valence electrons. The first kappa shape index (κ1) is 14.1. The molecule has 0 saturated heterocycles. The SMILES string of the molecule is NC(c1ccccc1)c1nnc(-c2ccc(Cl)cc2Cl)o1. The van der Waals surface area contributed by atoms with Crippen LogP contribution in [-0.4, -0.2) is 10.2 Å². The number of hydrogen-bond acceptors (Lipinski definition) is 4. The Morgan fingerprint density at radius 1 is 1.00 bits per heavy atom. The summed E-state index contributed by atoms with van der Waals surface area (Å²) in [5.41, 5.74) is 7.64. The lowest BCUT2D eigenvalue weighted by atomic mass is 10.1. The fourth-order valence-electron chi connectivity index (χ4n) is 1.93. The summed E-state index contributed by atoms with van der Waals surface area (Å²) in [4.78, 5) is 0. The first-order chi connectivity index (χ1) is 10.1. The molecule has 21 heavy (non-hydrogen) atoms. The zero-order chi connectivity index (χ0) is 14.8. The molecule has 2 N–H and O–H groups in total. The van der Waals surface area contributed by atoms with Crippen LogP contribution >= 0.6 is 23.2 Å². The molecule has 1 aromatic heterocycles. The minimum absolute atomic E-state index is 0.318. The molecule has 1 unspecified atom stereocenters. The Morgan fingerprint density at radius 3 is 2.48 bits per heavy atom. The summed E-state index contributed by atoms with van der Waals surface area (Å²) in [6, 6.07) is 14.1. The molecule has 0 fully saturated rings. The van der Waals surface area contributed by atoms with Crippen LogP contribution in [0.3, 0.4) is 0 Å². The Hall–Kier alpha value is -1.88. The minimum atomic E-state index is -0.474. The largest absolute Gasteiger partial charge is 0.419 e. The van der Waals surface area contributed by atoms with Crippen LogP contribution in [0.2, 0.25) is 10.0 Å². The fraction of sp³-hybridized carbons (Fsp3) is 0.0667. The summed E-state index contributed by atoms with van der Waals surface area (Å²) in [6.45, 7) is 0. The summed E-state index contributed by atoms with van der Waals surface area (Å²) in [5.74, 6) is 0.653. The third-order valence-corrected chi connectivity index (χ3v) is 3.57. The molecule has 0 saturated carbocycles. The van der Waals surface area contributed by atoms with E-state index in [0.29, 0.717) is 27.4 Å². The topological polar surface area (TPSA) is 64.9 Å². The standard InChI is InChI=1S/C15H11Cl2N3O/c16-10-6-7-11(12(17)8-10)14-19-20-15(21-14)13(18)9-4-2-1-3-5-9/h1-8,13H,18H2. The van der Waals surface area contributed by atoms with Crippen molar-refractivity contribution < 1.29 is 4.42 Å². The van der Waals surface area contributed by atoms with Crippen LogP contribution < -0.4 is 5.73 Å². The highest BCUT2D eigenvalue weighted by molar-refractivity contribution is 6.36. The zero-order valence-corrected chi connectivity index (χ0v) is 12.3. The lowest BCUT2D eigenvalue weighted by Gasteiger charge is -2.06. The van der Waals surface area contributed by atoms with Gasteiger partial charge in [-0.3, -0.25) is 0 Å². The summed E-state index contributed by atoms with van der Waals surface area (Å²) >= 11 is 12.0. The second-order valence-corrected chi connectivity index (χ2v) is 5.30. The summed E-state index contributed by atoms with van der Waals surface area (Å²) in [6.07, 6.45) is 0. The zero-order valence-electron chi connectivity index (χ0n) is 10.8. The van der Waals surface area contributed by atoms with Crippen LogP contribution in [0.4, 0.5) is 0 Å². The van der Waals surface area contributed by atoms with Gasteiger partial charge in [-0.1, -0.05) is 53.5 Å². The summed E-state index contributed by atoms with van der Waals surface area (Å²) < 4.78 is 5.63. The van der Waals surface area contributed by atoms with E-state index >= 15 is 0 Å². The lowest BCUT2D eigenvalue weighted by Crippen LogP contribution is -2.11. The van der Waals surface area contributed by atoms with E-state index in [4.69, 9.17) is 33.4 Å². The molecular formula is C15H11Cl2N3O. The Morgan fingerprint density at radius 2 is 1.76 bits per heavy atom. The monoisotopic (exact) mass is 319 g/mol. The van der Waals surface area contributed by atoms with E-state index in [0.717, 1.165) is 5.56 Å². The van der Waals surface area contributed by atoms with Crippen molar-refractivity contribution in [1.29, 1.82) is 0 Å². The predicted octanol–water partition coefficient (Wildman–Crippen LogP) is 4.09. The van der Waals surface area contributed by atoms with Gasteiger partial charge in [0.15, 0.2) is 0 Å². The second kappa shape index (κ2) is 5.85. The summed E-state index contributed by atoms with van der Waals surface area (Å²) in [5, 5.41) is 8.99. The smallest absolute Gasteiger partial charge is 0.249 e. The highest BCUT2D eigenvalue weighted by Gasteiger charge is 2.18. The third-order valence-electron chi connectivity index (χ3n) is 3.03. The average Bonchev–Trinajstić information content (AvgIpc) is 2.97. The van der Waals surface area contributed by atoms with Gasteiger partial charge in [-0.05, 0) is 23.8 Å². The van der Waals surface area contributed by atoms with Crippen LogP contribution in [-0.2, 0) is 0 Å². The predicted molar refractivity (Wildman–Crippen MR) is 82.2 cm³/mol. The maximum atomic E-state index is 6.13. The van der Waals surface area contributed by atoms with Crippen LogP contribution in [0.5, 0.6) is 0 Å². The normalized spacial score (nSPS) is 12.3. The lowest BCUT2D eigenvalue weighted by molar-refractivity contribution is 0.484. The van der Waals surface area contributed by atoms with E-state index in [-0.39, 0.29) is 0 Å². The number of aromatic nitrogens is 2. The average molecular weight is 320 g/mol. The van der Waals surface area contributed by atoms with E-state index in [1.807, 2.05) is 30.3 Å². The molecule has 0 aliphatic heterocycles. The van der Waals surface area contributed by atoms with Gasteiger partial charge in [0.1, 0.15) is 6.04 Å². The molecule has 0 spiro atoms. The maximum absolute atomic E-state index is 6.13. The molecule has 4 nitrogen and oxygen atoms in total. The Kier molecular flexibility index (Phi) is 3.92. The molecule has 6 heteroatoms. The quantitative estimate of drug-likeness (QED) is 0.789. The number of hydrogen-bond donors (Lipinski definition) is 1. The minimum Gasteiger partial charge on any atom is -0.419 e. The van der Waals surface area contributed by atoms with Gasteiger partial charge in [-0.2, -0.15) is 0 Å². The van der Waals surface area contributed by atoms with Crippen molar-refractivity contribution in [2.24, 2.45) is 5.73 Å². The summed E-state index contributed by atoms with van der Waals surface area (Å²) in [7, 11) is 0. The van der Waals surface area contributed by atoms with Gasteiger partial charge in [0.05, 0.1) is 10.6 Å². The molecule has 0 radical (unpaired) electrons. The van der Waals surface area contributed by atoms with E-state index in [1.54, 1.807) is 18.2 Å². The molecule has 0 aliphatic carbocycles. The van der Waals surface area contributed by atoms with Gasteiger partial charge >= 0.3 is 0 Å². The molecule has 2 aromatic carbocycles. The molecule has 3 aromatic rings. The van der Waals surface area contributed by atoms with Crippen molar-refractivity contribution in [1.82, 2.24) is 10.2 Å². The molecule has 1 heterocycles. The molecule has 0 aliphatic rings. The number of nitrogens with zero attached hydrogens (tertiary/aromatic N) is 2. The van der Waals surface area contributed by atoms with Crippen LogP contribution in [0.1, 0.15) is 17.5 Å². The molecule has 0 amide bonds. The number of benzene rings is 2. The highest BCUT2D eigenvalue weighted by Crippen LogP contribution is 2.30. The van der Waals surface area contributed by atoms with E-state index < -0.39 is 6.04 Å². The first-order valence-electron chi connectivity index (χ1n) is 6.24. The van der Waals surface area contributed by atoms with Gasteiger partial charge in [0.2, 0.25) is 11.8 Å². The molecule has 3 rings (SSSR count). The van der Waals surface area contributed by atoms with E-state index in [2.05, 4.69) is 10.2 Å². The van der Waals surface area contributed by atoms with Crippen molar-refractivity contribution in [2.75, 3.05) is 0 Å². The van der Waals surface area contributed by atoms with Crippen molar-refractivity contribution in [2.45, 2.75) is 6.04 Å². The van der Waals surface area contributed by atoms with Crippen molar-refractivity contribution in [3.63, 3.8) is 0 Å². The second-order valence-electron chi connectivity index (χ2n) is 4.46. The van der Waals surface area contributed by atoms with Crippen molar-refractivity contribution in [3.8, 4) is 11.5 Å². The van der Waals surface area contributed by atoms with Crippen molar-refractivity contribution >= 4 is 23.2 Å². The van der Waals surface area contributed by atoms with E-state index in [9.17, 15) is 0 Å². The van der Waals surface area contributed by atoms with E-state index in [1.165, 1.54) is 0 Å². The third kappa shape index (κ3) is 2.93. The van der Waals surface area contributed by atoms with Crippen LogP contribution in [0.15, 0.2) is 52.9 Å². The Labute approximate surface area is 131 Å². The number of nitrogens with two attached hydrogens (primary N) is 1. The van der Waals surface area contributed by atoms with Gasteiger partial charge in [0.25, 0.3) is 0 Å². The fourth-order valence-corrected chi connectivity index (χ4v) is 2.42. The number of halogens is 2. The van der Waals surface area contributed by atoms with Crippen LogP contribution in [0, 0.1) is 0 Å².